The van der Waals surface area contributed by atoms with Gasteiger partial charge in [0.25, 0.3) is 5.69 Å². The molecule has 1 atom stereocenters. The van der Waals surface area contributed by atoms with Crippen LogP contribution < -0.4 is 5.32 Å². The first-order valence-corrected chi connectivity index (χ1v) is 8.15. The summed E-state index contributed by atoms with van der Waals surface area (Å²) in [6, 6.07) is 11.0. The second-order valence-electron chi connectivity index (χ2n) is 6.05. The number of nitro groups is 1. The molecule has 136 valence electrons. The average Bonchev–Trinajstić information content (AvgIpc) is 2.60. The Hall–Kier alpha value is -3.22. The zero-order valence-corrected chi connectivity index (χ0v) is 14.6. The Morgan fingerprint density at radius 2 is 1.92 bits per heavy atom. The number of carboxylic acids is 1. The highest BCUT2D eigenvalue weighted by molar-refractivity contribution is 5.89. The molecular formula is C19H20N2O5. The maximum Gasteiger partial charge on any atom is 0.335 e. The minimum atomic E-state index is -1.03. The number of hydrogen-bond donors (Lipinski definition) is 2. The first kappa shape index (κ1) is 19.1. The van der Waals surface area contributed by atoms with E-state index < -0.39 is 16.9 Å². The van der Waals surface area contributed by atoms with Crippen molar-refractivity contribution in [3.63, 3.8) is 0 Å². The molecule has 0 heterocycles. The van der Waals surface area contributed by atoms with Gasteiger partial charge in [0.05, 0.1) is 16.5 Å². The van der Waals surface area contributed by atoms with Crippen LogP contribution >= 0.6 is 0 Å². The highest BCUT2D eigenvalue weighted by Crippen LogP contribution is 2.23. The highest BCUT2D eigenvalue weighted by atomic mass is 16.6. The maximum atomic E-state index is 12.2. The number of carboxylic acid groups (broad SMARTS) is 1. The lowest BCUT2D eigenvalue weighted by Gasteiger charge is -2.15. The quantitative estimate of drug-likeness (QED) is 0.583. The van der Waals surface area contributed by atoms with Crippen molar-refractivity contribution in [2.24, 2.45) is 0 Å². The Morgan fingerprint density at radius 3 is 2.58 bits per heavy atom. The van der Waals surface area contributed by atoms with E-state index in [1.807, 2.05) is 0 Å². The van der Waals surface area contributed by atoms with E-state index in [0.717, 1.165) is 0 Å². The van der Waals surface area contributed by atoms with E-state index >= 15 is 0 Å². The lowest BCUT2D eigenvalue weighted by atomic mass is 10.0. The monoisotopic (exact) mass is 356 g/mol. The van der Waals surface area contributed by atoms with E-state index in [1.54, 1.807) is 44.2 Å². The first-order chi connectivity index (χ1) is 12.3. The van der Waals surface area contributed by atoms with Gasteiger partial charge in [-0.05, 0) is 37.5 Å². The lowest BCUT2D eigenvalue weighted by molar-refractivity contribution is -0.385. The second-order valence-corrected chi connectivity index (χ2v) is 6.05. The predicted octanol–water partition coefficient (Wildman–Crippen LogP) is 3.41. The molecule has 2 N–H and O–H groups in total. The van der Waals surface area contributed by atoms with E-state index in [9.17, 15) is 19.7 Å². The molecule has 0 aromatic heterocycles. The summed E-state index contributed by atoms with van der Waals surface area (Å²) < 4.78 is 0. The summed E-state index contributed by atoms with van der Waals surface area (Å²) in [5.41, 5.74) is 1.99. The smallest absolute Gasteiger partial charge is 0.335 e. The fourth-order valence-corrected chi connectivity index (χ4v) is 2.68. The fourth-order valence-electron chi connectivity index (χ4n) is 2.68. The molecule has 0 fully saturated rings. The molecule has 0 aliphatic rings. The van der Waals surface area contributed by atoms with Crippen molar-refractivity contribution >= 4 is 17.6 Å². The van der Waals surface area contributed by atoms with E-state index in [0.29, 0.717) is 23.1 Å². The van der Waals surface area contributed by atoms with Crippen molar-refractivity contribution in [1.29, 1.82) is 0 Å². The number of nitro benzene ring substituents is 1. The molecular weight excluding hydrogens is 336 g/mol. The third-order valence-corrected chi connectivity index (χ3v) is 4.18. The van der Waals surface area contributed by atoms with Crippen molar-refractivity contribution in [2.75, 3.05) is 0 Å². The second kappa shape index (κ2) is 8.24. The van der Waals surface area contributed by atoms with Crippen LogP contribution in [-0.2, 0) is 11.2 Å². The van der Waals surface area contributed by atoms with Gasteiger partial charge in [-0.2, -0.15) is 0 Å². The normalized spacial score (nSPS) is 11.6. The first-order valence-electron chi connectivity index (χ1n) is 8.15. The molecule has 7 heteroatoms. The molecule has 0 aliphatic heterocycles. The molecule has 2 rings (SSSR count). The van der Waals surface area contributed by atoms with Gasteiger partial charge in [-0.1, -0.05) is 30.3 Å². The van der Waals surface area contributed by atoms with Gasteiger partial charge in [0.1, 0.15) is 0 Å². The van der Waals surface area contributed by atoms with Crippen molar-refractivity contribution in [3.8, 4) is 0 Å². The lowest BCUT2D eigenvalue weighted by Crippen LogP contribution is -2.27. The van der Waals surface area contributed by atoms with Crippen molar-refractivity contribution in [2.45, 2.75) is 32.7 Å². The molecule has 2 aromatic rings. The standard InChI is InChI=1S/C19H20N2O5/c1-12-7-8-15(11-17(12)21(25)26)13(2)20-18(22)10-9-14-5-3-4-6-16(14)19(23)24/h3-8,11,13H,9-10H2,1-2H3,(H,20,22)(H,23,24). The van der Waals surface area contributed by atoms with E-state index in [1.165, 1.54) is 12.1 Å². The SMILES string of the molecule is Cc1ccc(C(C)NC(=O)CCc2ccccc2C(=O)O)cc1[N+](=O)[O-]. The zero-order chi connectivity index (χ0) is 19.3. The predicted molar refractivity (Wildman–Crippen MR) is 96.1 cm³/mol. The molecule has 1 unspecified atom stereocenters. The molecule has 0 saturated heterocycles. The number of benzene rings is 2. The molecule has 0 spiro atoms. The van der Waals surface area contributed by atoms with Crippen molar-refractivity contribution in [1.82, 2.24) is 5.32 Å². The van der Waals surface area contributed by atoms with Crippen LogP contribution in [0.5, 0.6) is 0 Å². The van der Waals surface area contributed by atoms with Crippen molar-refractivity contribution < 1.29 is 19.6 Å². The van der Waals surface area contributed by atoms with Crippen LogP contribution in [0.25, 0.3) is 0 Å². The largest absolute Gasteiger partial charge is 0.478 e. The minimum Gasteiger partial charge on any atom is -0.478 e. The number of aromatic carboxylic acids is 1. The molecule has 0 bridgehead atoms. The van der Waals surface area contributed by atoms with E-state index in [-0.39, 0.29) is 23.6 Å². The Bertz CT molecular complexity index is 848. The highest BCUT2D eigenvalue weighted by Gasteiger charge is 2.16. The topological polar surface area (TPSA) is 110 Å². The molecule has 1 amide bonds. The summed E-state index contributed by atoms with van der Waals surface area (Å²) in [5.74, 6) is -1.28. The van der Waals surface area contributed by atoms with Gasteiger partial charge in [-0.3, -0.25) is 14.9 Å². The third-order valence-electron chi connectivity index (χ3n) is 4.18. The molecule has 0 saturated carbocycles. The van der Waals surface area contributed by atoms with Crippen molar-refractivity contribution in [3.05, 3.63) is 74.8 Å². The van der Waals surface area contributed by atoms with Crippen LogP contribution in [0.15, 0.2) is 42.5 Å². The fraction of sp³-hybridized carbons (Fsp3) is 0.263. The number of carbonyl (C=O) groups is 2. The summed E-state index contributed by atoms with van der Waals surface area (Å²) in [6.07, 6.45) is 0.428. The Kier molecular flexibility index (Phi) is 6.06. The Morgan fingerprint density at radius 1 is 1.23 bits per heavy atom. The number of nitrogens with zero attached hydrogens (tertiary/aromatic N) is 1. The molecule has 0 radical (unpaired) electrons. The third kappa shape index (κ3) is 4.66. The summed E-state index contributed by atoms with van der Waals surface area (Å²) in [4.78, 5) is 33.9. The Labute approximate surface area is 150 Å². The minimum absolute atomic E-state index is 0.0129. The number of rotatable bonds is 7. The van der Waals surface area contributed by atoms with Crippen LogP contribution in [0.2, 0.25) is 0 Å². The van der Waals surface area contributed by atoms with Crippen LogP contribution in [0.4, 0.5) is 5.69 Å². The summed E-state index contributed by atoms with van der Waals surface area (Å²) in [5, 5.41) is 23.0. The van der Waals surface area contributed by atoms with Gasteiger partial charge in [-0.15, -0.1) is 0 Å². The average molecular weight is 356 g/mol. The van der Waals surface area contributed by atoms with Crippen LogP contribution in [0.3, 0.4) is 0 Å². The van der Waals surface area contributed by atoms with Crippen LogP contribution in [0.1, 0.15) is 46.4 Å². The van der Waals surface area contributed by atoms with Gasteiger partial charge in [0.2, 0.25) is 5.91 Å². The molecule has 7 nitrogen and oxygen atoms in total. The summed E-state index contributed by atoms with van der Waals surface area (Å²) in [6.45, 7) is 3.41. The molecule has 2 aromatic carbocycles. The van der Waals surface area contributed by atoms with Gasteiger partial charge in [0, 0.05) is 18.1 Å². The number of carbonyl (C=O) groups excluding carboxylic acids is 1. The van der Waals surface area contributed by atoms with Gasteiger partial charge < -0.3 is 10.4 Å². The van der Waals surface area contributed by atoms with Crippen LogP contribution in [0, 0.1) is 17.0 Å². The molecule has 26 heavy (non-hydrogen) atoms. The summed E-state index contributed by atoms with van der Waals surface area (Å²) in [7, 11) is 0. The van der Waals surface area contributed by atoms with E-state index in [4.69, 9.17) is 5.11 Å². The number of amides is 1. The molecule has 0 aliphatic carbocycles. The number of nitrogens with one attached hydrogen (secondary N) is 1. The van der Waals surface area contributed by atoms with E-state index in [2.05, 4.69) is 5.32 Å². The van der Waals surface area contributed by atoms with Gasteiger partial charge in [-0.25, -0.2) is 4.79 Å². The summed E-state index contributed by atoms with van der Waals surface area (Å²) >= 11 is 0. The maximum absolute atomic E-state index is 12.2. The van der Waals surface area contributed by atoms with Gasteiger partial charge in [0.15, 0.2) is 0 Å². The number of hydrogen-bond acceptors (Lipinski definition) is 4. The number of aryl methyl sites for hydroxylation is 2. The Balaban J connectivity index is 2.01. The zero-order valence-electron chi connectivity index (χ0n) is 14.6. The van der Waals surface area contributed by atoms with Gasteiger partial charge >= 0.3 is 5.97 Å². The van der Waals surface area contributed by atoms with Crippen LogP contribution in [-0.4, -0.2) is 21.9 Å².